The Hall–Kier alpha value is -0.0800. The van der Waals surface area contributed by atoms with E-state index in [9.17, 15) is 10.2 Å². The van der Waals surface area contributed by atoms with Gasteiger partial charge in [0.2, 0.25) is 0 Å². The van der Waals surface area contributed by atoms with Gasteiger partial charge >= 0.3 is 0 Å². The Kier molecular flexibility index (Phi) is 3.71. The first-order valence-electron chi connectivity index (χ1n) is 10.3. The molecule has 0 saturated heterocycles. The third-order valence-electron chi connectivity index (χ3n) is 9.53. The predicted molar refractivity (Wildman–Crippen MR) is 93.0 cm³/mol. The van der Waals surface area contributed by atoms with Gasteiger partial charge in [-0.15, -0.1) is 0 Å². The fraction of sp³-hybridized carbons (Fsp3) is 1.00. The summed E-state index contributed by atoms with van der Waals surface area (Å²) in [7, 11) is 0. The highest BCUT2D eigenvalue weighted by Crippen LogP contribution is 2.68. The highest BCUT2D eigenvalue weighted by molar-refractivity contribution is 5.13. The van der Waals surface area contributed by atoms with Crippen LogP contribution in [0.25, 0.3) is 0 Å². The van der Waals surface area contributed by atoms with Crippen molar-refractivity contribution in [1.82, 2.24) is 0 Å². The third kappa shape index (κ3) is 2.00. The molecule has 0 aliphatic heterocycles. The van der Waals surface area contributed by atoms with Crippen LogP contribution in [0.15, 0.2) is 0 Å². The first kappa shape index (κ1) is 16.4. The number of rotatable bonds is 1. The van der Waals surface area contributed by atoms with E-state index in [0.29, 0.717) is 17.3 Å². The van der Waals surface area contributed by atoms with Gasteiger partial charge in [0.05, 0.1) is 11.7 Å². The van der Waals surface area contributed by atoms with Gasteiger partial charge in [-0.3, -0.25) is 0 Å². The summed E-state index contributed by atoms with van der Waals surface area (Å²) < 4.78 is 0. The Labute approximate surface area is 142 Å². The van der Waals surface area contributed by atoms with E-state index in [1.165, 1.54) is 44.9 Å². The van der Waals surface area contributed by atoms with E-state index in [1.807, 2.05) is 0 Å². The zero-order valence-electron chi connectivity index (χ0n) is 15.4. The quantitative estimate of drug-likeness (QED) is 0.745. The summed E-state index contributed by atoms with van der Waals surface area (Å²) in [6.45, 7) is 7.07. The minimum atomic E-state index is -0.424. The molecule has 4 saturated carbocycles. The van der Waals surface area contributed by atoms with E-state index in [-0.39, 0.29) is 11.5 Å². The van der Waals surface area contributed by atoms with E-state index >= 15 is 0 Å². The molecule has 2 heteroatoms. The van der Waals surface area contributed by atoms with Gasteiger partial charge in [-0.05, 0) is 92.3 Å². The van der Waals surface area contributed by atoms with Crippen LogP contribution in [0.2, 0.25) is 0 Å². The molecule has 0 amide bonds. The maximum Gasteiger partial charge on any atom is 0.0701 e. The molecule has 8 atom stereocenters. The van der Waals surface area contributed by atoms with Crippen LogP contribution < -0.4 is 0 Å². The van der Waals surface area contributed by atoms with Crippen molar-refractivity contribution >= 4 is 0 Å². The lowest BCUT2D eigenvalue weighted by Crippen LogP contribution is -2.57. The van der Waals surface area contributed by atoms with Crippen molar-refractivity contribution in [3.05, 3.63) is 0 Å². The first-order chi connectivity index (χ1) is 10.9. The molecule has 132 valence electrons. The highest BCUT2D eigenvalue weighted by atomic mass is 16.3. The second-order valence-electron chi connectivity index (χ2n) is 9.91. The highest BCUT2D eigenvalue weighted by Gasteiger charge is 2.64. The summed E-state index contributed by atoms with van der Waals surface area (Å²) >= 11 is 0. The molecule has 0 aromatic heterocycles. The normalized spacial score (nSPS) is 59.1. The van der Waals surface area contributed by atoms with Gasteiger partial charge in [0.15, 0.2) is 0 Å². The lowest BCUT2D eigenvalue weighted by Gasteiger charge is -2.62. The van der Waals surface area contributed by atoms with Gasteiger partial charge in [0.25, 0.3) is 0 Å². The van der Waals surface area contributed by atoms with Crippen LogP contribution in [0.4, 0.5) is 0 Å². The molecule has 4 aliphatic rings. The van der Waals surface area contributed by atoms with Crippen molar-refractivity contribution in [3.63, 3.8) is 0 Å². The molecule has 23 heavy (non-hydrogen) atoms. The molecule has 0 bridgehead atoms. The summed E-state index contributed by atoms with van der Waals surface area (Å²) in [4.78, 5) is 0. The first-order valence-corrected chi connectivity index (χ1v) is 10.3. The smallest absolute Gasteiger partial charge is 0.0701 e. The van der Waals surface area contributed by atoms with Crippen molar-refractivity contribution in [1.29, 1.82) is 0 Å². The molecule has 4 aliphatic carbocycles. The largest absolute Gasteiger partial charge is 0.393 e. The molecular formula is C21H36O2. The molecule has 0 radical (unpaired) electrons. The Morgan fingerprint density at radius 1 is 0.870 bits per heavy atom. The number of fused-ring (bicyclic) bond motifs is 5. The van der Waals surface area contributed by atoms with E-state index in [1.54, 1.807) is 0 Å². The number of hydrogen-bond donors (Lipinski definition) is 2. The Morgan fingerprint density at radius 3 is 2.35 bits per heavy atom. The molecule has 4 rings (SSSR count). The van der Waals surface area contributed by atoms with Gasteiger partial charge in [-0.25, -0.2) is 0 Å². The zero-order chi connectivity index (χ0) is 16.5. The van der Waals surface area contributed by atoms with Crippen molar-refractivity contribution in [2.45, 2.75) is 96.7 Å². The van der Waals surface area contributed by atoms with Gasteiger partial charge in [-0.2, -0.15) is 0 Å². The number of hydrogen-bond acceptors (Lipinski definition) is 2. The number of aliphatic hydroxyl groups is 2. The third-order valence-corrected chi connectivity index (χ3v) is 9.53. The van der Waals surface area contributed by atoms with Crippen molar-refractivity contribution < 1.29 is 10.2 Å². The summed E-state index contributed by atoms with van der Waals surface area (Å²) in [6.07, 6.45) is 11.6. The molecule has 2 nitrogen and oxygen atoms in total. The van der Waals surface area contributed by atoms with Crippen molar-refractivity contribution in [2.24, 2.45) is 34.5 Å². The minimum absolute atomic E-state index is 0.0563. The minimum Gasteiger partial charge on any atom is -0.393 e. The van der Waals surface area contributed by atoms with Crippen LogP contribution in [0.5, 0.6) is 0 Å². The molecule has 2 unspecified atom stereocenters. The summed E-state index contributed by atoms with van der Waals surface area (Å²) in [5.74, 6) is 2.82. The average Bonchev–Trinajstić information content (AvgIpc) is 2.79. The molecule has 2 N–H and O–H groups in total. The van der Waals surface area contributed by atoms with Crippen LogP contribution in [-0.4, -0.2) is 21.9 Å². The second-order valence-corrected chi connectivity index (χ2v) is 9.91. The van der Waals surface area contributed by atoms with Gasteiger partial charge in [0, 0.05) is 0 Å². The van der Waals surface area contributed by atoms with Crippen molar-refractivity contribution in [2.75, 3.05) is 0 Å². The molecule has 4 fully saturated rings. The lowest BCUT2D eigenvalue weighted by molar-refractivity contribution is -0.168. The number of aliphatic hydroxyl groups excluding tert-OH is 1. The molecule has 0 aromatic carbocycles. The van der Waals surface area contributed by atoms with Crippen molar-refractivity contribution in [3.8, 4) is 0 Å². The van der Waals surface area contributed by atoms with E-state index < -0.39 is 5.60 Å². The molecule has 0 spiro atoms. The SMILES string of the molecule is CC[C@@]1(O)CC[C@H]2[C@@H]3CCC4C(O)CCC[C@]4(C)[C@H]3CC[C@@]21C. The van der Waals surface area contributed by atoms with E-state index in [0.717, 1.165) is 31.1 Å². The topological polar surface area (TPSA) is 40.5 Å². The summed E-state index contributed by atoms with van der Waals surface area (Å²) in [6, 6.07) is 0. The Morgan fingerprint density at radius 2 is 1.61 bits per heavy atom. The fourth-order valence-electron chi connectivity index (χ4n) is 8.07. The Bertz CT molecular complexity index is 476. The molecule has 0 aromatic rings. The van der Waals surface area contributed by atoms with Gasteiger partial charge in [-0.1, -0.05) is 27.2 Å². The van der Waals surface area contributed by atoms with Crippen LogP contribution in [0.1, 0.15) is 85.0 Å². The van der Waals surface area contributed by atoms with Crippen LogP contribution in [0, 0.1) is 34.5 Å². The Balaban J connectivity index is 1.65. The van der Waals surface area contributed by atoms with Gasteiger partial charge < -0.3 is 10.2 Å². The standard InChI is InChI=1S/C21H36O2/c1-4-21(23)13-10-16-14-7-8-17-18(22)6-5-11-19(17,2)15(14)9-12-20(16,21)3/h14-18,22-23H,4-13H2,1-3H3/t14-,15+,16+,17?,18?,19-,20+,21-/m1/s1. The summed E-state index contributed by atoms with van der Waals surface area (Å²) in [5, 5.41) is 21.8. The second kappa shape index (κ2) is 5.21. The molecule has 0 heterocycles. The summed E-state index contributed by atoms with van der Waals surface area (Å²) in [5.41, 5.74) is 0.0701. The maximum atomic E-state index is 11.2. The molecular weight excluding hydrogens is 284 g/mol. The average molecular weight is 321 g/mol. The maximum absolute atomic E-state index is 11.2. The predicted octanol–water partition coefficient (Wildman–Crippen LogP) is 4.53. The van der Waals surface area contributed by atoms with Crippen LogP contribution in [-0.2, 0) is 0 Å². The zero-order valence-corrected chi connectivity index (χ0v) is 15.4. The van der Waals surface area contributed by atoms with E-state index in [2.05, 4.69) is 20.8 Å². The van der Waals surface area contributed by atoms with E-state index in [4.69, 9.17) is 0 Å². The van der Waals surface area contributed by atoms with Crippen LogP contribution >= 0.6 is 0 Å². The monoisotopic (exact) mass is 320 g/mol. The van der Waals surface area contributed by atoms with Crippen LogP contribution in [0.3, 0.4) is 0 Å². The fourth-order valence-corrected chi connectivity index (χ4v) is 8.07. The van der Waals surface area contributed by atoms with Gasteiger partial charge in [0.1, 0.15) is 0 Å². The lowest BCUT2D eigenvalue weighted by atomic mass is 9.44.